The number of halogens is 3. The molecular weight excluding hydrogens is 479 g/mol. The number of nitrogens with one attached hydrogen (secondary N) is 1. The van der Waals surface area contributed by atoms with E-state index in [0.29, 0.717) is 24.6 Å². The number of aromatic amines is 1. The predicted molar refractivity (Wildman–Crippen MR) is 137 cm³/mol. The van der Waals surface area contributed by atoms with Crippen molar-refractivity contribution in [1.29, 1.82) is 0 Å². The zero-order valence-corrected chi connectivity index (χ0v) is 20.7. The normalized spacial score (nSPS) is 19.2. The summed E-state index contributed by atoms with van der Waals surface area (Å²) in [6, 6.07) is 8.06. The summed E-state index contributed by atoms with van der Waals surface area (Å²) in [5.41, 5.74) is 2.42. The number of amides is 1. The van der Waals surface area contributed by atoms with Crippen molar-refractivity contribution in [2.24, 2.45) is 5.92 Å². The Labute approximate surface area is 214 Å². The molecule has 3 heterocycles. The molecule has 0 saturated carbocycles. The molecule has 2 aromatic carbocycles. The van der Waals surface area contributed by atoms with Crippen LogP contribution in [0.15, 0.2) is 48.7 Å². The van der Waals surface area contributed by atoms with E-state index in [2.05, 4.69) is 9.88 Å². The quantitative estimate of drug-likeness (QED) is 0.454. The number of H-pyrrole nitrogens is 1. The molecule has 37 heavy (non-hydrogen) atoms. The van der Waals surface area contributed by atoms with Crippen LogP contribution in [-0.2, 0) is 4.79 Å². The maximum Gasteiger partial charge on any atom is 0.246 e. The number of benzene rings is 2. The number of fused-ring (bicyclic) bond motifs is 1. The number of carbonyl (C=O) groups excluding carboxylic acids is 1. The number of hydrogen-bond acceptors (Lipinski definition) is 3. The number of rotatable bonds is 6. The Balaban J connectivity index is 1.14. The van der Waals surface area contributed by atoms with Crippen LogP contribution in [0, 0.1) is 23.4 Å². The smallest absolute Gasteiger partial charge is 0.246 e. The van der Waals surface area contributed by atoms with Gasteiger partial charge in [-0.1, -0.05) is 0 Å². The second-order valence-electron chi connectivity index (χ2n) is 10.2. The highest BCUT2D eigenvalue weighted by molar-refractivity contribution is 5.91. The molecule has 1 atom stereocenters. The van der Waals surface area contributed by atoms with E-state index < -0.39 is 11.6 Å². The fourth-order valence-corrected chi connectivity index (χ4v) is 6.01. The van der Waals surface area contributed by atoms with E-state index in [0.717, 1.165) is 61.3 Å². The summed E-state index contributed by atoms with van der Waals surface area (Å²) in [6.45, 7) is 2.97. The molecular formula is C29H32F3N3O2. The number of hydrogen-bond donors (Lipinski definition) is 2. The third-order valence-corrected chi connectivity index (χ3v) is 8.00. The first-order valence-electron chi connectivity index (χ1n) is 13.0. The molecule has 8 heteroatoms. The number of carbonyl (C=O) groups is 1. The summed E-state index contributed by atoms with van der Waals surface area (Å²) in [6.07, 6.45) is 8.27. The van der Waals surface area contributed by atoms with Crippen molar-refractivity contribution in [2.45, 2.75) is 37.6 Å². The monoisotopic (exact) mass is 511 g/mol. The van der Waals surface area contributed by atoms with Gasteiger partial charge in [-0.2, -0.15) is 0 Å². The van der Waals surface area contributed by atoms with Gasteiger partial charge in [-0.05, 0) is 98.1 Å². The lowest BCUT2D eigenvalue weighted by molar-refractivity contribution is -0.127. The van der Waals surface area contributed by atoms with Gasteiger partial charge >= 0.3 is 0 Å². The first-order chi connectivity index (χ1) is 17.9. The average molecular weight is 512 g/mol. The lowest BCUT2D eigenvalue weighted by atomic mass is 9.84. The summed E-state index contributed by atoms with van der Waals surface area (Å²) in [7, 11) is 0. The molecule has 5 rings (SSSR count). The molecule has 0 aliphatic carbocycles. The second kappa shape index (κ2) is 11.1. The fraction of sp³-hybridized carbons (Fsp3) is 0.414. The van der Waals surface area contributed by atoms with E-state index in [4.69, 9.17) is 0 Å². The van der Waals surface area contributed by atoms with Crippen LogP contribution in [0.25, 0.3) is 17.0 Å². The van der Waals surface area contributed by atoms with Crippen molar-refractivity contribution in [3.05, 3.63) is 77.2 Å². The van der Waals surface area contributed by atoms with Crippen LogP contribution < -0.4 is 0 Å². The SMILES string of the molecule is O=C(C=Cc1cc(F)cc(F)c1)N1CCC(C(CO)N2CCC(c3c[nH]c4ccc(F)cc34)CC2)CC1. The standard InChI is InChI=1S/C29H32F3N3O2/c30-22-2-3-27-25(16-22)26(17-33-27)20-5-9-34(10-6-20)28(18-36)21-7-11-35(12-8-21)29(37)4-1-19-13-23(31)15-24(32)14-19/h1-4,13-17,20-21,28,33,36H,5-12,18H2. The average Bonchev–Trinajstić information content (AvgIpc) is 3.31. The van der Waals surface area contributed by atoms with Gasteiger partial charge in [-0.25, -0.2) is 13.2 Å². The van der Waals surface area contributed by atoms with Crippen molar-refractivity contribution in [1.82, 2.24) is 14.8 Å². The molecule has 0 bridgehead atoms. The second-order valence-corrected chi connectivity index (χ2v) is 10.2. The van der Waals surface area contributed by atoms with Gasteiger partial charge in [-0.15, -0.1) is 0 Å². The van der Waals surface area contributed by atoms with Crippen molar-refractivity contribution in [2.75, 3.05) is 32.8 Å². The van der Waals surface area contributed by atoms with Crippen molar-refractivity contribution < 1.29 is 23.1 Å². The van der Waals surface area contributed by atoms with Gasteiger partial charge < -0.3 is 15.0 Å². The molecule has 2 fully saturated rings. The molecule has 0 radical (unpaired) electrons. The minimum Gasteiger partial charge on any atom is -0.395 e. The molecule has 2 aliphatic rings. The van der Waals surface area contributed by atoms with Gasteiger partial charge in [-0.3, -0.25) is 9.69 Å². The molecule has 1 aromatic heterocycles. The summed E-state index contributed by atoms with van der Waals surface area (Å²) >= 11 is 0. The lowest BCUT2D eigenvalue weighted by Gasteiger charge is -2.43. The van der Waals surface area contributed by atoms with Crippen molar-refractivity contribution in [3.8, 4) is 0 Å². The first kappa shape index (κ1) is 25.5. The third-order valence-electron chi connectivity index (χ3n) is 8.00. The van der Waals surface area contributed by atoms with E-state index in [9.17, 15) is 23.1 Å². The lowest BCUT2D eigenvalue weighted by Crippen LogP contribution is -2.50. The Hall–Kier alpha value is -3.10. The Morgan fingerprint density at radius 3 is 2.35 bits per heavy atom. The van der Waals surface area contributed by atoms with E-state index in [1.54, 1.807) is 17.0 Å². The van der Waals surface area contributed by atoms with Crippen LogP contribution in [0.2, 0.25) is 0 Å². The number of likely N-dealkylation sites (tertiary alicyclic amines) is 2. The summed E-state index contributed by atoms with van der Waals surface area (Å²) < 4.78 is 40.6. The van der Waals surface area contributed by atoms with Crippen LogP contribution in [0.3, 0.4) is 0 Å². The Bertz CT molecular complexity index is 1250. The molecule has 5 nitrogen and oxygen atoms in total. The Kier molecular flexibility index (Phi) is 7.67. The number of piperidine rings is 2. The highest BCUT2D eigenvalue weighted by Gasteiger charge is 2.34. The van der Waals surface area contributed by atoms with Crippen molar-refractivity contribution >= 4 is 22.9 Å². The predicted octanol–water partition coefficient (Wildman–Crippen LogP) is 5.08. The molecule has 2 saturated heterocycles. The zero-order valence-electron chi connectivity index (χ0n) is 20.7. The van der Waals surface area contributed by atoms with Crippen molar-refractivity contribution in [3.63, 3.8) is 0 Å². The Morgan fingerprint density at radius 1 is 0.973 bits per heavy atom. The topological polar surface area (TPSA) is 59.6 Å². The molecule has 1 amide bonds. The van der Waals surface area contributed by atoms with Crippen LogP contribution >= 0.6 is 0 Å². The summed E-state index contributed by atoms with van der Waals surface area (Å²) in [4.78, 5) is 20.0. The summed E-state index contributed by atoms with van der Waals surface area (Å²) in [5, 5.41) is 11.2. The van der Waals surface area contributed by atoms with Crippen LogP contribution in [0.5, 0.6) is 0 Å². The Morgan fingerprint density at radius 2 is 1.68 bits per heavy atom. The van der Waals surface area contributed by atoms with E-state index >= 15 is 0 Å². The first-order valence-corrected chi connectivity index (χ1v) is 13.0. The number of aromatic nitrogens is 1. The van der Waals surface area contributed by atoms with E-state index in [-0.39, 0.29) is 30.3 Å². The molecule has 3 aromatic rings. The van der Waals surface area contributed by atoms with Gasteiger partial charge in [0.05, 0.1) is 6.61 Å². The number of aliphatic hydroxyl groups excluding tert-OH is 1. The minimum atomic E-state index is -0.678. The number of nitrogens with zero attached hydrogens (tertiary/aromatic N) is 2. The van der Waals surface area contributed by atoms with Crippen LogP contribution in [0.1, 0.15) is 42.7 Å². The molecule has 1 unspecified atom stereocenters. The van der Waals surface area contributed by atoms with E-state index in [1.807, 2.05) is 6.20 Å². The van der Waals surface area contributed by atoms with Gasteiger partial charge in [0, 0.05) is 48.4 Å². The van der Waals surface area contributed by atoms with Crippen LogP contribution in [0.4, 0.5) is 13.2 Å². The molecule has 196 valence electrons. The zero-order chi connectivity index (χ0) is 25.9. The highest BCUT2D eigenvalue weighted by atomic mass is 19.1. The van der Waals surface area contributed by atoms with Crippen LogP contribution in [-0.4, -0.2) is 64.6 Å². The molecule has 0 spiro atoms. The molecule has 2 aliphatic heterocycles. The maximum absolute atomic E-state index is 13.8. The van der Waals surface area contributed by atoms with E-state index in [1.165, 1.54) is 30.4 Å². The minimum absolute atomic E-state index is 0.0458. The fourth-order valence-electron chi connectivity index (χ4n) is 6.01. The van der Waals surface area contributed by atoms with Gasteiger partial charge in [0.15, 0.2) is 0 Å². The van der Waals surface area contributed by atoms with Gasteiger partial charge in [0.2, 0.25) is 5.91 Å². The molecule has 2 N–H and O–H groups in total. The number of aliphatic hydroxyl groups is 1. The van der Waals surface area contributed by atoms with Gasteiger partial charge in [0.1, 0.15) is 17.5 Å². The highest BCUT2D eigenvalue weighted by Crippen LogP contribution is 2.35. The maximum atomic E-state index is 13.8. The summed E-state index contributed by atoms with van der Waals surface area (Å²) in [5.74, 6) is -1.13. The van der Waals surface area contributed by atoms with Gasteiger partial charge in [0.25, 0.3) is 0 Å². The third kappa shape index (κ3) is 5.75. The largest absolute Gasteiger partial charge is 0.395 e.